The number of hydrogen-bond acceptors (Lipinski definition) is 3. The van der Waals surface area contributed by atoms with Gasteiger partial charge in [0, 0.05) is 24.5 Å². The van der Waals surface area contributed by atoms with Crippen LogP contribution in [0, 0.1) is 0 Å². The van der Waals surface area contributed by atoms with Gasteiger partial charge in [-0.15, -0.1) is 0 Å². The molecule has 2 rings (SSSR count). The molecule has 1 aromatic carbocycles. The molecule has 0 unspecified atom stereocenters. The van der Waals surface area contributed by atoms with Crippen molar-refractivity contribution in [1.29, 1.82) is 0 Å². The van der Waals surface area contributed by atoms with E-state index in [0.29, 0.717) is 23.9 Å². The Labute approximate surface area is 134 Å². The number of aryl methyl sites for hydroxylation is 1. The summed E-state index contributed by atoms with van der Waals surface area (Å²) in [6, 6.07) is 6.90. The smallest absolute Gasteiger partial charge is 0.315 e. The average molecular weight is 323 g/mol. The van der Waals surface area contributed by atoms with Crippen molar-refractivity contribution in [2.75, 3.05) is 6.54 Å². The van der Waals surface area contributed by atoms with Gasteiger partial charge in [-0.25, -0.2) is 9.78 Å². The third-order valence-electron chi connectivity index (χ3n) is 3.01. The number of hydrogen-bond donors (Lipinski definition) is 2. The first-order chi connectivity index (χ1) is 10.5. The van der Waals surface area contributed by atoms with Crippen LogP contribution in [0.1, 0.15) is 12.7 Å². The van der Waals surface area contributed by atoms with Gasteiger partial charge in [-0.3, -0.25) is 0 Å². The van der Waals surface area contributed by atoms with Gasteiger partial charge in [0.2, 0.25) is 0 Å². The van der Waals surface area contributed by atoms with Crippen molar-refractivity contribution in [1.82, 2.24) is 20.2 Å². The molecule has 0 aliphatic carbocycles. The lowest BCUT2D eigenvalue weighted by Gasteiger charge is -2.16. The highest BCUT2D eigenvalue weighted by Gasteiger charge is 2.08. The fourth-order valence-electron chi connectivity index (χ4n) is 1.84. The second kappa shape index (κ2) is 7.70. The van der Waals surface area contributed by atoms with Gasteiger partial charge in [0.05, 0.1) is 13.1 Å². The predicted molar refractivity (Wildman–Crippen MR) is 85.0 cm³/mol. The van der Waals surface area contributed by atoms with Crippen molar-refractivity contribution < 1.29 is 9.53 Å². The first-order valence-electron chi connectivity index (χ1n) is 6.94. The van der Waals surface area contributed by atoms with Gasteiger partial charge in [0.1, 0.15) is 17.7 Å². The van der Waals surface area contributed by atoms with Gasteiger partial charge in [0.15, 0.2) is 0 Å². The summed E-state index contributed by atoms with van der Waals surface area (Å²) >= 11 is 5.89. The fourth-order valence-corrected chi connectivity index (χ4v) is 2.02. The molecule has 0 aliphatic heterocycles. The second-order valence-electron chi connectivity index (χ2n) is 4.90. The summed E-state index contributed by atoms with van der Waals surface area (Å²) in [6.07, 6.45) is 3.35. The lowest BCUT2D eigenvalue weighted by molar-refractivity contribution is 0.207. The number of rotatable bonds is 6. The predicted octanol–water partition coefficient (Wildman–Crippen LogP) is 2.34. The Kier molecular flexibility index (Phi) is 5.66. The Bertz CT molecular complexity index is 630. The van der Waals surface area contributed by atoms with Crippen LogP contribution in [0.2, 0.25) is 5.02 Å². The number of urea groups is 1. The Hall–Kier alpha value is -2.21. The molecule has 0 saturated carbocycles. The zero-order valence-corrected chi connectivity index (χ0v) is 13.3. The molecule has 0 fully saturated rings. The number of benzene rings is 1. The maximum absolute atomic E-state index is 11.7. The van der Waals surface area contributed by atoms with Crippen LogP contribution in [0.4, 0.5) is 4.79 Å². The number of aromatic nitrogens is 2. The zero-order chi connectivity index (χ0) is 15.9. The molecule has 2 amide bonds. The van der Waals surface area contributed by atoms with E-state index in [-0.39, 0.29) is 12.1 Å². The molecule has 6 nitrogen and oxygen atoms in total. The molecule has 0 spiro atoms. The van der Waals surface area contributed by atoms with Crippen LogP contribution in [0.25, 0.3) is 0 Å². The van der Waals surface area contributed by atoms with Gasteiger partial charge in [0.25, 0.3) is 0 Å². The van der Waals surface area contributed by atoms with E-state index in [1.807, 2.05) is 36.9 Å². The molecule has 1 atom stereocenters. The molecule has 0 bridgehead atoms. The molecule has 118 valence electrons. The fraction of sp³-hybridized carbons (Fsp3) is 0.333. The molecule has 1 aromatic heterocycles. The second-order valence-corrected chi connectivity index (χ2v) is 5.34. The van der Waals surface area contributed by atoms with Crippen LogP contribution in [-0.4, -0.2) is 28.2 Å². The van der Waals surface area contributed by atoms with Gasteiger partial charge in [-0.1, -0.05) is 17.7 Å². The Morgan fingerprint density at radius 1 is 1.45 bits per heavy atom. The summed E-state index contributed by atoms with van der Waals surface area (Å²) in [4.78, 5) is 15.9. The quantitative estimate of drug-likeness (QED) is 0.857. The number of nitrogens with one attached hydrogen (secondary N) is 2. The summed E-state index contributed by atoms with van der Waals surface area (Å²) in [7, 11) is 1.88. The molecule has 0 radical (unpaired) electrons. The standard InChI is InChI=1S/C15H19ClN4O2/c1-11(22-13-5-3-4-12(16)8-13)9-18-15(21)19-10-14-17-6-7-20(14)2/h3-8,11H,9-10H2,1-2H3,(H2,18,19,21)/t11-/m0/s1. The normalized spacial score (nSPS) is 11.8. The van der Waals surface area contributed by atoms with E-state index in [9.17, 15) is 4.79 Å². The zero-order valence-electron chi connectivity index (χ0n) is 12.5. The minimum atomic E-state index is -0.260. The molecule has 0 aliphatic rings. The Balaban J connectivity index is 1.70. The first kappa shape index (κ1) is 16.2. The van der Waals surface area contributed by atoms with Crippen molar-refractivity contribution in [3.8, 4) is 5.75 Å². The van der Waals surface area contributed by atoms with Gasteiger partial charge in [-0.05, 0) is 25.1 Å². The van der Waals surface area contributed by atoms with Crippen LogP contribution < -0.4 is 15.4 Å². The highest BCUT2D eigenvalue weighted by Crippen LogP contribution is 2.18. The van der Waals surface area contributed by atoms with Crippen LogP contribution in [-0.2, 0) is 13.6 Å². The molecular weight excluding hydrogens is 304 g/mol. The number of amides is 2. The summed E-state index contributed by atoms with van der Waals surface area (Å²) < 4.78 is 7.52. The topological polar surface area (TPSA) is 68.2 Å². The Morgan fingerprint density at radius 2 is 2.27 bits per heavy atom. The van der Waals surface area contributed by atoms with E-state index < -0.39 is 0 Å². The number of halogens is 1. The maximum Gasteiger partial charge on any atom is 0.315 e. The van der Waals surface area contributed by atoms with Crippen molar-refractivity contribution in [2.24, 2.45) is 7.05 Å². The molecule has 2 N–H and O–H groups in total. The maximum atomic E-state index is 11.7. The van der Waals surface area contributed by atoms with Crippen LogP contribution >= 0.6 is 11.6 Å². The third-order valence-corrected chi connectivity index (χ3v) is 3.25. The van der Waals surface area contributed by atoms with E-state index in [2.05, 4.69) is 15.6 Å². The number of nitrogens with zero attached hydrogens (tertiary/aromatic N) is 2. The van der Waals surface area contributed by atoms with Crippen LogP contribution in [0.15, 0.2) is 36.7 Å². The average Bonchev–Trinajstić information content (AvgIpc) is 2.88. The van der Waals surface area contributed by atoms with Crippen LogP contribution in [0.3, 0.4) is 0 Å². The lowest BCUT2D eigenvalue weighted by Crippen LogP contribution is -2.40. The van der Waals surface area contributed by atoms with E-state index in [4.69, 9.17) is 16.3 Å². The van der Waals surface area contributed by atoms with E-state index in [1.54, 1.807) is 18.3 Å². The number of carbonyl (C=O) groups is 1. The van der Waals surface area contributed by atoms with Gasteiger partial charge in [-0.2, -0.15) is 0 Å². The third kappa shape index (κ3) is 4.96. The van der Waals surface area contributed by atoms with Crippen molar-refractivity contribution in [2.45, 2.75) is 19.6 Å². The van der Waals surface area contributed by atoms with E-state index in [0.717, 1.165) is 5.82 Å². The minimum absolute atomic E-state index is 0.169. The number of ether oxygens (including phenoxy) is 1. The summed E-state index contributed by atoms with van der Waals surface area (Å²) in [5, 5.41) is 6.11. The van der Waals surface area contributed by atoms with Crippen LogP contribution in [0.5, 0.6) is 5.75 Å². The number of carbonyl (C=O) groups excluding carboxylic acids is 1. The van der Waals surface area contributed by atoms with Gasteiger partial charge >= 0.3 is 6.03 Å². The molecular formula is C15H19ClN4O2. The van der Waals surface area contributed by atoms with Gasteiger partial charge < -0.3 is 19.9 Å². The molecule has 7 heteroatoms. The highest BCUT2D eigenvalue weighted by atomic mass is 35.5. The monoisotopic (exact) mass is 322 g/mol. The van der Waals surface area contributed by atoms with E-state index >= 15 is 0 Å². The first-order valence-corrected chi connectivity index (χ1v) is 7.32. The van der Waals surface area contributed by atoms with E-state index in [1.165, 1.54) is 0 Å². The number of imidazole rings is 1. The largest absolute Gasteiger partial charge is 0.489 e. The highest BCUT2D eigenvalue weighted by molar-refractivity contribution is 6.30. The lowest BCUT2D eigenvalue weighted by atomic mass is 10.3. The Morgan fingerprint density at radius 3 is 2.95 bits per heavy atom. The summed E-state index contributed by atoms with van der Waals surface area (Å²) in [5.41, 5.74) is 0. The molecule has 2 aromatic rings. The SMILES string of the molecule is C[C@@H](CNC(=O)NCc1nccn1C)Oc1cccc(Cl)c1. The molecule has 0 saturated heterocycles. The summed E-state index contributed by atoms with van der Waals surface area (Å²) in [5.74, 6) is 1.47. The molecule has 22 heavy (non-hydrogen) atoms. The van der Waals surface area contributed by atoms with Crippen molar-refractivity contribution >= 4 is 17.6 Å². The summed E-state index contributed by atoms with van der Waals surface area (Å²) in [6.45, 7) is 2.64. The van der Waals surface area contributed by atoms with Crippen molar-refractivity contribution in [3.63, 3.8) is 0 Å². The molecule has 1 heterocycles. The van der Waals surface area contributed by atoms with Crippen molar-refractivity contribution in [3.05, 3.63) is 47.5 Å². The minimum Gasteiger partial charge on any atom is -0.489 e.